The number of hydrogen-bond acceptors (Lipinski definition) is 6. The minimum Gasteiger partial charge on any atom is -0.481 e. The second-order valence-corrected chi connectivity index (χ2v) is 5.16. The van der Waals surface area contributed by atoms with Crippen molar-refractivity contribution >= 4 is 5.82 Å². The zero-order valence-corrected chi connectivity index (χ0v) is 12.8. The first-order valence-corrected chi connectivity index (χ1v) is 6.83. The molecule has 2 heterocycles. The maximum atomic E-state index is 5.86. The van der Waals surface area contributed by atoms with Gasteiger partial charge in [0.25, 0.3) is 0 Å². The van der Waals surface area contributed by atoms with Crippen molar-refractivity contribution in [3.05, 3.63) is 11.4 Å². The van der Waals surface area contributed by atoms with E-state index in [1.165, 1.54) is 0 Å². The molecule has 20 heavy (non-hydrogen) atoms. The number of methoxy groups -OCH3 is 2. The number of ether oxygens (including phenoxy) is 3. The van der Waals surface area contributed by atoms with Crippen molar-refractivity contribution < 1.29 is 14.2 Å². The number of aromatic nitrogens is 2. The van der Waals surface area contributed by atoms with E-state index < -0.39 is 0 Å². The summed E-state index contributed by atoms with van der Waals surface area (Å²) < 4.78 is 16.4. The Hall–Kier alpha value is -1.40. The highest BCUT2D eigenvalue weighted by Crippen LogP contribution is 2.27. The van der Waals surface area contributed by atoms with Gasteiger partial charge in [0, 0.05) is 20.2 Å². The summed E-state index contributed by atoms with van der Waals surface area (Å²) >= 11 is 0. The van der Waals surface area contributed by atoms with E-state index in [0.717, 1.165) is 24.5 Å². The molecule has 1 aromatic heterocycles. The largest absolute Gasteiger partial charge is 0.481 e. The van der Waals surface area contributed by atoms with Gasteiger partial charge in [-0.15, -0.1) is 0 Å². The molecule has 0 N–H and O–H groups in total. The first-order valence-electron chi connectivity index (χ1n) is 6.83. The van der Waals surface area contributed by atoms with Crippen LogP contribution < -0.4 is 9.64 Å². The molecule has 112 valence electrons. The number of aryl methyl sites for hydroxylation is 1. The highest BCUT2D eigenvalue weighted by atomic mass is 16.5. The van der Waals surface area contributed by atoms with E-state index in [0.29, 0.717) is 18.3 Å². The Morgan fingerprint density at radius 1 is 1.25 bits per heavy atom. The second-order valence-electron chi connectivity index (χ2n) is 5.16. The minimum atomic E-state index is 0.0596. The van der Waals surface area contributed by atoms with Gasteiger partial charge in [-0.2, -0.15) is 4.98 Å². The Kier molecular flexibility index (Phi) is 4.77. The molecular formula is C14H23N3O3. The lowest BCUT2D eigenvalue weighted by Crippen LogP contribution is -2.49. The molecule has 0 amide bonds. The van der Waals surface area contributed by atoms with Crippen molar-refractivity contribution in [3.63, 3.8) is 0 Å². The fourth-order valence-electron chi connectivity index (χ4n) is 2.59. The number of hydrogen-bond donors (Lipinski definition) is 0. The smallest absolute Gasteiger partial charge is 0.221 e. The number of morpholine rings is 1. The molecule has 6 heteroatoms. The summed E-state index contributed by atoms with van der Waals surface area (Å²) in [5.74, 6) is 2.27. The first kappa shape index (κ1) is 15.0. The third-order valence-corrected chi connectivity index (χ3v) is 3.36. The normalized spacial score (nSPS) is 22.9. The van der Waals surface area contributed by atoms with E-state index in [1.807, 2.05) is 13.8 Å². The van der Waals surface area contributed by atoms with Gasteiger partial charge in [-0.05, 0) is 20.8 Å². The van der Waals surface area contributed by atoms with Gasteiger partial charge in [0.05, 0.1) is 31.5 Å². The second kappa shape index (κ2) is 6.37. The molecule has 0 aliphatic carbocycles. The van der Waals surface area contributed by atoms with E-state index in [9.17, 15) is 0 Å². The lowest BCUT2D eigenvalue weighted by molar-refractivity contribution is -0.0513. The van der Waals surface area contributed by atoms with Gasteiger partial charge in [0.1, 0.15) is 11.6 Å². The van der Waals surface area contributed by atoms with Crippen molar-refractivity contribution in [2.45, 2.75) is 33.0 Å². The standard InChI is InChI=1S/C14H23N3O3/c1-9-6-17(7-12(20-9)8-18-4)13-10(2)14(19-5)16-11(3)15-13/h9,12H,6-8H2,1-5H3. The summed E-state index contributed by atoms with van der Waals surface area (Å²) in [5, 5.41) is 0. The third-order valence-electron chi connectivity index (χ3n) is 3.36. The van der Waals surface area contributed by atoms with Crippen LogP contribution in [0.25, 0.3) is 0 Å². The molecule has 6 nitrogen and oxygen atoms in total. The fourth-order valence-corrected chi connectivity index (χ4v) is 2.59. The van der Waals surface area contributed by atoms with Crippen LogP contribution in [0.4, 0.5) is 5.82 Å². The van der Waals surface area contributed by atoms with Gasteiger partial charge in [-0.25, -0.2) is 4.98 Å². The molecule has 0 radical (unpaired) electrons. The summed E-state index contributed by atoms with van der Waals surface area (Å²) in [4.78, 5) is 11.1. The van der Waals surface area contributed by atoms with Crippen molar-refractivity contribution in [1.82, 2.24) is 9.97 Å². The minimum absolute atomic E-state index is 0.0596. The number of nitrogens with zero attached hydrogens (tertiary/aromatic N) is 3. The molecule has 2 rings (SSSR count). The van der Waals surface area contributed by atoms with Crippen LogP contribution in [0.2, 0.25) is 0 Å². The average Bonchev–Trinajstić information content (AvgIpc) is 2.40. The van der Waals surface area contributed by atoms with Crippen LogP contribution in [-0.2, 0) is 9.47 Å². The Morgan fingerprint density at radius 2 is 2.00 bits per heavy atom. The van der Waals surface area contributed by atoms with Gasteiger partial charge in [-0.1, -0.05) is 0 Å². The van der Waals surface area contributed by atoms with Crippen LogP contribution in [0.15, 0.2) is 0 Å². The lowest BCUT2D eigenvalue weighted by Gasteiger charge is -2.38. The molecule has 1 saturated heterocycles. The fraction of sp³-hybridized carbons (Fsp3) is 0.714. The van der Waals surface area contributed by atoms with Crippen LogP contribution in [0.3, 0.4) is 0 Å². The Labute approximate surface area is 120 Å². The summed E-state index contributed by atoms with van der Waals surface area (Å²) in [5.41, 5.74) is 0.961. The maximum absolute atomic E-state index is 5.86. The quantitative estimate of drug-likeness (QED) is 0.830. The SMILES string of the molecule is COCC1CN(c2nc(C)nc(OC)c2C)CC(C)O1. The zero-order chi connectivity index (χ0) is 14.7. The van der Waals surface area contributed by atoms with E-state index in [2.05, 4.69) is 21.8 Å². The summed E-state index contributed by atoms with van der Waals surface area (Å²) in [6.07, 6.45) is 0.203. The van der Waals surface area contributed by atoms with E-state index in [-0.39, 0.29) is 12.2 Å². The van der Waals surface area contributed by atoms with Crippen LogP contribution in [-0.4, -0.2) is 56.1 Å². The molecule has 0 spiro atoms. The maximum Gasteiger partial charge on any atom is 0.221 e. The molecule has 0 saturated carbocycles. The average molecular weight is 281 g/mol. The van der Waals surface area contributed by atoms with Gasteiger partial charge in [-0.3, -0.25) is 0 Å². The van der Waals surface area contributed by atoms with Crippen molar-refractivity contribution in [3.8, 4) is 5.88 Å². The molecule has 2 atom stereocenters. The van der Waals surface area contributed by atoms with Gasteiger partial charge < -0.3 is 19.1 Å². The van der Waals surface area contributed by atoms with Crippen LogP contribution in [0.1, 0.15) is 18.3 Å². The van der Waals surface area contributed by atoms with Crippen LogP contribution in [0.5, 0.6) is 5.88 Å². The van der Waals surface area contributed by atoms with Crippen molar-refractivity contribution in [1.29, 1.82) is 0 Å². The molecule has 0 bridgehead atoms. The van der Waals surface area contributed by atoms with Gasteiger partial charge in [0.2, 0.25) is 5.88 Å². The lowest BCUT2D eigenvalue weighted by atomic mass is 10.2. The highest BCUT2D eigenvalue weighted by Gasteiger charge is 2.28. The highest BCUT2D eigenvalue weighted by molar-refractivity contribution is 5.51. The zero-order valence-electron chi connectivity index (χ0n) is 12.8. The van der Waals surface area contributed by atoms with Gasteiger partial charge in [0.15, 0.2) is 0 Å². The first-order chi connectivity index (χ1) is 9.55. The molecule has 1 aromatic rings. The summed E-state index contributed by atoms with van der Waals surface area (Å²) in [6, 6.07) is 0. The van der Waals surface area contributed by atoms with Crippen LogP contribution in [0, 0.1) is 13.8 Å². The molecule has 1 fully saturated rings. The third kappa shape index (κ3) is 3.19. The van der Waals surface area contributed by atoms with Crippen molar-refractivity contribution in [2.75, 3.05) is 38.8 Å². The summed E-state index contributed by atoms with van der Waals surface area (Å²) in [6.45, 7) is 8.08. The van der Waals surface area contributed by atoms with E-state index in [1.54, 1.807) is 14.2 Å². The number of anilines is 1. The Morgan fingerprint density at radius 3 is 2.65 bits per heavy atom. The topological polar surface area (TPSA) is 56.7 Å². The van der Waals surface area contributed by atoms with Crippen molar-refractivity contribution in [2.24, 2.45) is 0 Å². The van der Waals surface area contributed by atoms with Crippen LogP contribution >= 0.6 is 0 Å². The molecule has 2 unspecified atom stereocenters. The predicted molar refractivity (Wildman–Crippen MR) is 76.5 cm³/mol. The predicted octanol–water partition coefficient (Wildman–Crippen LogP) is 1.34. The molecule has 0 aromatic carbocycles. The molecule has 1 aliphatic rings. The van der Waals surface area contributed by atoms with Gasteiger partial charge >= 0.3 is 0 Å². The number of rotatable bonds is 4. The Bertz CT molecular complexity index is 467. The van der Waals surface area contributed by atoms with E-state index >= 15 is 0 Å². The molecule has 1 aliphatic heterocycles. The Balaban J connectivity index is 2.27. The molecular weight excluding hydrogens is 258 g/mol. The van der Waals surface area contributed by atoms with E-state index in [4.69, 9.17) is 14.2 Å². The monoisotopic (exact) mass is 281 g/mol. The summed E-state index contributed by atoms with van der Waals surface area (Å²) in [7, 11) is 3.32.